The van der Waals surface area contributed by atoms with Gasteiger partial charge < -0.3 is 9.88 Å². The van der Waals surface area contributed by atoms with Crippen molar-refractivity contribution in [3.05, 3.63) is 84.8 Å². The number of aryl methyl sites for hydroxylation is 1. The van der Waals surface area contributed by atoms with Crippen molar-refractivity contribution in [1.82, 2.24) is 34.8 Å². The Morgan fingerprint density at radius 3 is 2.81 bits per heavy atom. The minimum absolute atomic E-state index is 0.174. The number of aromatic nitrogens is 6. The number of nitrogens with one attached hydrogen (secondary N) is 1. The van der Waals surface area contributed by atoms with E-state index in [1.54, 1.807) is 29.5 Å². The van der Waals surface area contributed by atoms with Crippen LogP contribution in [0.3, 0.4) is 0 Å². The van der Waals surface area contributed by atoms with Crippen molar-refractivity contribution in [3.8, 4) is 16.9 Å². The van der Waals surface area contributed by atoms with Crippen LogP contribution in [0, 0.1) is 0 Å². The monoisotopic (exact) mass is 413 g/mol. The normalized spacial score (nSPS) is 11.1. The second-order valence-electron chi connectivity index (χ2n) is 6.86. The molecule has 8 heteroatoms. The molecule has 0 radical (unpaired) electrons. The number of nitrogens with zero attached hydrogens (tertiary/aromatic N) is 6. The molecule has 0 atom stereocenters. The molecule has 31 heavy (non-hydrogen) atoms. The lowest BCUT2D eigenvalue weighted by Crippen LogP contribution is -2.24. The van der Waals surface area contributed by atoms with Gasteiger partial charge in [0, 0.05) is 55.3 Å². The maximum Gasteiger partial charge on any atom is 0.244 e. The minimum Gasteiger partial charge on any atom is -0.352 e. The number of hydrogen-bond donors (Lipinski definition) is 1. The number of para-hydroxylation sites is 1. The Hall–Kier alpha value is -4.07. The molecule has 3 heterocycles. The summed E-state index contributed by atoms with van der Waals surface area (Å²) in [7, 11) is 0. The average Bonchev–Trinajstić information content (AvgIpc) is 3.46. The number of pyridine rings is 1. The van der Waals surface area contributed by atoms with Crippen LogP contribution in [0.25, 0.3) is 23.0 Å². The summed E-state index contributed by atoms with van der Waals surface area (Å²) in [5, 5.41) is 15.6. The van der Waals surface area contributed by atoms with Gasteiger partial charge in [-0.15, -0.1) is 10.2 Å². The van der Waals surface area contributed by atoms with Crippen LogP contribution in [-0.4, -0.2) is 42.0 Å². The van der Waals surface area contributed by atoms with E-state index in [4.69, 9.17) is 5.10 Å². The summed E-state index contributed by atoms with van der Waals surface area (Å²) in [5.74, 6) is 0.682. The molecule has 156 valence electrons. The van der Waals surface area contributed by atoms with Gasteiger partial charge in [0.2, 0.25) is 5.91 Å². The number of hydrogen-bond acceptors (Lipinski definition) is 5. The Labute approximate surface area is 180 Å². The number of carbonyl (C=O) groups is 1. The molecule has 8 nitrogen and oxygen atoms in total. The van der Waals surface area contributed by atoms with Crippen LogP contribution in [0.1, 0.15) is 18.3 Å². The fourth-order valence-electron chi connectivity index (χ4n) is 3.21. The molecule has 4 rings (SSSR count). The van der Waals surface area contributed by atoms with Gasteiger partial charge in [-0.25, -0.2) is 4.68 Å². The van der Waals surface area contributed by atoms with Gasteiger partial charge in [-0.1, -0.05) is 18.2 Å². The minimum atomic E-state index is -0.174. The van der Waals surface area contributed by atoms with Crippen molar-refractivity contribution < 1.29 is 4.79 Å². The summed E-state index contributed by atoms with van der Waals surface area (Å²) >= 11 is 0. The summed E-state index contributed by atoms with van der Waals surface area (Å²) in [5.41, 5.74) is 3.42. The predicted octanol–water partition coefficient (Wildman–Crippen LogP) is 2.92. The van der Waals surface area contributed by atoms with Gasteiger partial charge in [-0.3, -0.25) is 9.78 Å². The fraction of sp³-hybridized carbons (Fsp3) is 0.174. The summed E-state index contributed by atoms with van der Waals surface area (Å²) in [6.07, 6.45) is 11.0. The quantitative estimate of drug-likeness (QED) is 0.449. The van der Waals surface area contributed by atoms with Crippen LogP contribution in [0.5, 0.6) is 0 Å². The standard InChI is InChI=1S/C23H23N7O/c1-2-29-17-26-27-21(29)12-14-25-22(31)11-10-19-16-30(20-8-4-3-5-9-20)28-23(19)18-7-6-13-24-15-18/h3-11,13,15-17H,2,12,14H2,1H3,(H,25,31). The molecule has 1 amide bonds. The van der Waals surface area contributed by atoms with E-state index >= 15 is 0 Å². The van der Waals surface area contributed by atoms with Gasteiger partial charge in [-0.2, -0.15) is 5.10 Å². The highest BCUT2D eigenvalue weighted by Gasteiger charge is 2.11. The molecule has 0 saturated heterocycles. The van der Waals surface area contributed by atoms with Crippen molar-refractivity contribution in [2.75, 3.05) is 6.54 Å². The number of amides is 1. The van der Waals surface area contributed by atoms with Crippen molar-refractivity contribution in [3.63, 3.8) is 0 Å². The van der Waals surface area contributed by atoms with Gasteiger partial charge in [0.15, 0.2) is 0 Å². The highest BCUT2D eigenvalue weighted by Crippen LogP contribution is 2.24. The average molecular weight is 413 g/mol. The molecule has 0 spiro atoms. The van der Waals surface area contributed by atoms with E-state index in [1.807, 2.05) is 60.2 Å². The first-order valence-electron chi connectivity index (χ1n) is 10.1. The van der Waals surface area contributed by atoms with E-state index in [0.717, 1.165) is 34.9 Å². The van der Waals surface area contributed by atoms with Crippen molar-refractivity contribution in [1.29, 1.82) is 0 Å². The van der Waals surface area contributed by atoms with Gasteiger partial charge in [-0.05, 0) is 37.3 Å². The second kappa shape index (κ2) is 9.62. The Morgan fingerprint density at radius 1 is 1.16 bits per heavy atom. The Kier molecular flexibility index (Phi) is 6.27. The molecule has 1 N–H and O–H groups in total. The highest BCUT2D eigenvalue weighted by molar-refractivity contribution is 5.92. The Morgan fingerprint density at radius 2 is 2.03 bits per heavy atom. The molecule has 0 saturated carbocycles. The van der Waals surface area contributed by atoms with Crippen LogP contribution in [0.15, 0.2) is 73.5 Å². The highest BCUT2D eigenvalue weighted by atomic mass is 16.1. The largest absolute Gasteiger partial charge is 0.352 e. The topological polar surface area (TPSA) is 90.5 Å². The first-order valence-corrected chi connectivity index (χ1v) is 10.1. The zero-order valence-electron chi connectivity index (χ0n) is 17.2. The predicted molar refractivity (Wildman–Crippen MR) is 118 cm³/mol. The summed E-state index contributed by atoms with van der Waals surface area (Å²) in [6.45, 7) is 3.32. The molecule has 1 aromatic carbocycles. The van der Waals surface area contributed by atoms with Crippen LogP contribution in [0.2, 0.25) is 0 Å². The first-order chi connectivity index (χ1) is 15.2. The third kappa shape index (κ3) is 4.92. The molecule has 0 aliphatic rings. The maximum absolute atomic E-state index is 12.3. The van der Waals surface area contributed by atoms with Crippen LogP contribution in [0.4, 0.5) is 0 Å². The van der Waals surface area contributed by atoms with E-state index in [9.17, 15) is 4.79 Å². The van der Waals surface area contributed by atoms with Gasteiger partial charge in [0.05, 0.1) is 5.69 Å². The summed E-state index contributed by atoms with van der Waals surface area (Å²) < 4.78 is 3.76. The van der Waals surface area contributed by atoms with Crippen molar-refractivity contribution >= 4 is 12.0 Å². The zero-order chi connectivity index (χ0) is 21.5. The first kappa shape index (κ1) is 20.2. The molecule has 0 bridgehead atoms. The third-order valence-corrected chi connectivity index (χ3v) is 4.80. The van der Waals surface area contributed by atoms with E-state index < -0.39 is 0 Å². The van der Waals surface area contributed by atoms with Crippen molar-refractivity contribution in [2.24, 2.45) is 0 Å². The van der Waals surface area contributed by atoms with Gasteiger partial charge in [0.1, 0.15) is 17.8 Å². The third-order valence-electron chi connectivity index (χ3n) is 4.80. The smallest absolute Gasteiger partial charge is 0.244 e. The van der Waals surface area contributed by atoms with E-state index in [2.05, 4.69) is 20.5 Å². The van der Waals surface area contributed by atoms with Gasteiger partial charge >= 0.3 is 0 Å². The molecular weight excluding hydrogens is 390 g/mol. The number of benzene rings is 1. The van der Waals surface area contributed by atoms with Crippen LogP contribution < -0.4 is 5.32 Å². The zero-order valence-corrected chi connectivity index (χ0v) is 17.2. The fourth-order valence-corrected chi connectivity index (χ4v) is 3.21. The van der Waals surface area contributed by atoms with Crippen LogP contribution >= 0.6 is 0 Å². The Bertz CT molecular complexity index is 1160. The summed E-state index contributed by atoms with van der Waals surface area (Å²) in [6, 6.07) is 13.7. The molecule has 0 unspecified atom stereocenters. The maximum atomic E-state index is 12.3. The summed E-state index contributed by atoms with van der Waals surface area (Å²) in [4.78, 5) is 16.5. The molecule has 4 aromatic rings. The van der Waals surface area contributed by atoms with Crippen LogP contribution in [-0.2, 0) is 17.8 Å². The molecule has 3 aromatic heterocycles. The van der Waals surface area contributed by atoms with E-state index in [0.29, 0.717) is 13.0 Å². The molecule has 0 aliphatic carbocycles. The lowest BCUT2D eigenvalue weighted by atomic mass is 10.1. The van der Waals surface area contributed by atoms with Gasteiger partial charge in [0.25, 0.3) is 0 Å². The molecular formula is C23H23N7O. The SMILES string of the molecule is CCn1cnnc1CCNC(=O)C=Cc1cn(-c2ccccc2)nc1-c1cccnc1. The van der Waals surface area contributed by atoms with E-state index in [1.165, 1.54) is 6.08 Å². The lowest BCUT2D eigenvalue weighted by molar-refractivity contribution is -0.116. The number of rotatable bonds is 8. The molecule has 0 fully saturated rings. The van der Waals surface area contributed by atoms with E-state index in [-0.39, 0.29) is 5.91 Å². The van der Waals surface area contributed by atoms with Crippen molar-refractivity contribution in [2.45, 2.75) is 19.9 Å². The molecule has 0 aliphatic heterocycles. The lowest BCUT2D eigenvalue weighted by Gasteiger charge is -2.03. The number of carbonyl (C=O) groups excluding carboxylic acids is 1. The second-order valence-corrected chi connectivity index (χ2v) is 6.86. The Balaban J connectivity index is 1.49.